The van der Waals surface area contributed by atoms with Crippen molar-refractivity contribution in [2.24, 2.45) is 5.92 Å². The minimum atomic E-state index is -0.563. The number of rotatable bonds is 8. The van der Waals surface area contributed by atoms with E-state index >= 15 is 0 Å². The predicted molar refractivity (Wildman–Crippen MR) is 70.1 cm³/mol. The Bertz CT molecular complexity index is 404. The van der Waals surface area contributed by atoms with Crippen molar-refractivity contribution in [3.63, 3.8) is 0 Å². The number of Topliss-reactive ketones (excluding diaryl/α,β-unsaturated/α-hetero) is 1. The van der Waals surface area contributed by atoms with Crippen LogP contribution in [-0.2, 0) is 24.0 Å². The lowest BCUT2D eigenvalue weighted by Crippen LogP contribution is -2.33. The molecule has 0 spiro atoms. The van der Waals surface area contributed by atoms with Gasteiger partial charge in [-0.25, -0.2) is 4.79 Å². The van der Waals surface area contributed by atoms with E-state index in [-0.39, 0.29) is 18.6 Å². The number of unbranched alkanes of at least 4 members (excludes halogenated alkanes) is 3. The van der Waals surface area contributed by atoms with Crippen molar-refractivity contribution in [1.82, 2.24) is 5.06 Å². The highest BCUT2D eigenvalue weighted by Gasteiger charge is 2.38. The second-order valence-electron chi connectivity index (χ2n) is 5.21. The number of hydrogen-bond donors (Lipinski definition) is 0. The summed E-state index contributed by atoms with van der Waals surface area (Å²) >= 11 is 0. The Morgan fingerprint density at radius 3 is 2.25 bits per heavy atom. The van der Waals surface area contributed by atoms with Gasteiger partial charge in [-0.15, -0.1) is 5.06 Å². The molecule has 1 aliphatic heterocycles. The summed E-state index contributed by atoms with van der Waals surface area (Å²) in [7, 11) is 0. The quantitative estimate of drug-likeness (QED) is 0.501. The fraction of sp³-hybridized carbons (Fsp3) is 0.714. The van der Waals surface area contributed by atoms with Crippen LogP contribution in [0.5, 0.6) is 0 Å². The van der Waals surface area contributed by atoms with Crippen LogP contribution in [0.4, 0.5) is 0 Å². The average molecular weight is 283 g/mol. The molecule has 20 heavy (non-hydrogen) atoms. The Kier molecular flexibility index (Phi) is 6.35. The molecule has 0 aromatic rings. The molecule has 1 unspecified atom stereocenters. The Balaban J connectivity index is 2.16. The van der Waals surface area contributed by atoms with E-state index in [4.69, 9.17) is 4.84 Å². The molecule has 0 N–H and O–H groups in total. The third-order valence-electron chi connectivity index (χ3n) is 3.18. The molecular formula is C14H21NO5. The number of hydroxylamine groups is 2. The Morgan fingerprint density at radius 2 is 1.75 bits per heavy atom. The zero-order chi connectivity index (χ0) is 15.1. The fourth-order valence-electron chi connectivity index (χ4n) is 2.00. The first-order valence-electron chi connectivity index (χ1n) is 6.99. The van der Waals surface area contributed by atoms with E-state index in [1.54, 1.807) is 13.8 Å². The summed E-state index contributed by atoms with van der Waals surface area (Å²) in [5, 5.41) is 0.586. The smallest absolute Gasteiger partial charge is 0.330 e. The van der Waals surface area contributed by atoms with Crippen LogP contribution in [0.3, 0.4) is 0 Å². The Labute approximate surface area is 118 Å². The SMILES string of the molecule is CC(=O)CCCCCCC(=O)ON1C(=O)CC(C)C1=O. The molecule has 0 radical (unpaired) electrons. The molecule has 2 amide bonds. The maximum absolute atomic E-state index is 11.5. The number of nitrogens with zero attached hydrogens (tertiary/aromatic N) is 1. The first kappa shape index (κ1) is 16.3. The molecule has 1 rings (SSSR count). The molecule has 0 saturated carbocycles. The first-order chi connectivity index (χ1) is 9.41. The van der Waals surface area contributed by atoms with Gasteiger partial charge >= 0.3 is 5.97 Å². The lowest BCUT2D eigenvalue weighted by atomic mass is 10.1. The van der Waals surface area contributed by atoms with Crippen molar-refractivity contribution in [1.29, 1.82) is 0 Å². The van der Waals surface area contributed by atoms with Crippen molar-refractivity contribution < 1.29 is 24.0 Å². The number of ketones is 1. The summed E-state index contributed by atoms with van der Waals surface area (Å²) in [6.07, 6.45) is 3.99. The van der Waals surface area contributed by atoms with E-state index in [0.717, 1.165) is 19.3 Å². The van der Waals surface area contributed by atoms with E-state index < -0.39 is 23.7 Å². The highest BCUT2D eigenvalue weighted by atomic mass is 16.7. The van der Waals surface area contributed by atoms with Crippen molar-refractivity contribution in [3.8, 4) is 0 Å². The van der Waals surface area contributed by atoms with Crippen LogP contribution in [0.25, 0.3) is 0 Å². The summed E-state index contributed by atoms with van der Waals surface area (Å²) in [6.45, 7) is 3.19. The first-order valence-corrected chi connectivity index (χ1v) is 6.99. The lowest BCUT2D eigenvalue weighted by molar-refractivity contribution is -0.198. The molecule has 0 aromatic carbocycles. The molecule has 1 heterocycles. The van der Waals surface area contributed by atoms with E-state index in [9.17, 15) is 19.2 Å². The van der Waals surface area contributed by atoms with Crippen molar-refractivity contribution >= 4 is 23.6 Å². The van der Waals surface area contributed by atoms with Crippen LogP contribution in [-0.4, -0.2) is 28.6 Å². The largest absolute Gasteiger partial charge is 0.333 e. The molecular weight excluding hydrogens is 262 g/mol. The molecule has 0 bridgehead atoms. The molecule has 0 aliphatic carbocycles. The molecule has 6 heteroatoms. The number of imide groups is 1. The van der Waals surface area contributed by atoms with Crippen molar-refractivity contribution in [2.75, 3.05) is 0 Å². The van der Waals surface area contributed by atoms with Crippen LogP contribution in [0.15, 0.2) is 0 Å². The highest BCUT2D eigenvalue weighted by Crippen LogP contribution is 2.19. The van der Waals surface area contributed by atoms with Crippen LogP contribution in [0.2, 0.25) is 0 Å². The van der Waals surface area contributed by atoms with Gasteiger partial charge in [0.1, 0.15) is 5.78 Å². The summed E-state index contributed by atoms with van der Waals surface area (Å²) in [6, 6.07) is 0. The van der Waals surface area contributed by atoms with Gasteiger partial charge in [0.25, 0.3) is 11.8 Å². The number of amides is 2. The highest BCUT2D eigenvalue weighted by molar-refractivity contribution is 6.02. The van der Waals surface area contributed by atoms with Crippen molar-refractivity contribution in [2.45, 2.75) is 58.8 Å². The normalized spacial score (nSPS) is 18.5. The van der Waals surface area contributed by atoms with Gasteiger partial charge in [0.2, 0.25) is 0 Å². The standard InChI is InChI=1S/C14H21NO5/c1-10-9-12(17)15(14(10)19)20-13(18)8-6-4-3-5-7-11(2)16/h10H,3-9H2,1-2H3. The van der Waals surface area contributed by atoms with Gasteiger partial charge in [-0.1, -0.05) is 19.8 Å². The van der Waals surface area contributed by atoms with E-state index in [2.05, 4.69) is 0 Å². The summed E-state index contributed by atoms with van der Waals surface area (Å²) in [5.41, 5.74) is 0. The minimum absolute atomic E-state index is 0.0944. The second-order valence-corrected chi connectivity index (χ2v) is 5.21. The summed E-state index contributed by atoms with van der Waals surface area (Å²) in [4.78, 5) is 50.0. The van der Waals surface area contributed by atoms with Crippen LogP contribution >= 0.6 is 0 Å². The van der Waals surface area contributed by atoms with Gasteiger partial charge in [-0.05, 0) is 19.8 Å². The Morgan fingerprint density at radius 1 is 1.15 bits per heavy atom. The number of hydrogen-bond acceptors (Lipinski definition) is 5. The fourth-order valence-corrected chi connectivity index (χ4v) is 2.00. The maximum Gasteiger partial charge on any atom is 0.333 e. The molecule has 0 aromatic heterocycles. The third kappa shape index (κ3) is 5.11. The zero-order valence-corrected chi connectivity index (χ0v) is 12.0. The van der Waals surface area contributed by atoms with Crippen molar-refractivity contribution in [3.05, 3.63) is 0 Å². The van der Waals surface area contributed by atoms with Crippen LogP contribution in [0.1, 0.15) is 58.8 Å². The van der Waals surface area contributed by atoms with E-state index in [1.807, 2.05) is 0 Å². The number of carbonyl (C=O) groups excluding carboxylic acids is 4. The van der Waals surface area contributed by atoms with Gasteiger partial charge in [0.05, 0.1) is 0 Å². The van der Waals surface area contributed by atoms with E-state index in [1.165, 1.54) is 0 Å². The van der Waals surface area contributed by atoms with Gasteiger partial charge in [0.15, 0.2) is 0 Å². The molecule has 1 aliphatic rings. The van der Waals surface area contributed by atoms with Gasteiger partial charge in [0, 0.05) is 25.2 Å². The summed E-state index contributed by atoms with van der Waals surface area (Å²) < 4.78 is 0. The molecule has 112 valence electrons. The Hall–Kier alpha value is -1.72. The number of carbonyl (C=O) groups is 4. The molecule has 1 atom stereocenters. The van der Waals surface area contributed by atoms with Crippen LogP contribution < -0.4 is 0 Å². The lowest BCUT2D eigenvalue weighted by Gasteiger charge is -2.12. The molecule has 1 fully saturated rings. The third-order valence-corrected chi connectivity index (χ3v) is 3.18. The average Bonchev–Trinajstić information content (AvgIpc) is 2.60. The second kappa shape index (κ2) is 7.77. The van der Waals surface area contributed by atoms with Crippen LogP contribution in [0, 0.1) is 5.92 Å². The monoisotopic (exact) mass is 283 g/mol. The van der Waals surface area contributed by atoms with Gasteiger partial charge < -0.3 is 9.63 Å². The minimum Gasteiger partial charge on any atom is -0.330 e. The zero-order valence-electron chi connectivity index (χ0n) is 12.0. The molecule has 6 nitrogen and oxygen atoms in total. The van der Waals surface area contributed by atoms with Gasteiger partial charge in [-0.3, -0.25) is 9.59 Å². The predicted octanol–water partition coefficient (Wildman–Crippen LogP) is 1.77. The molecule has 1 saturated heterocycles. The topological polar surface area (TPSA) is 80.8 Å². The van der Waals surface area contributed by atoms with Gasteiger partial charge in [-0.2, -0.15) is 0 Å². The summed E-state index contributed by atoms with van der Waals surface area (Å²) in [5.74, 6) is -1.72. The van der Waals surface area contributed by atoms with E-state index in [0.29, 0.717) is 17.9 Å². The maximum atomic E-state index is 11.5.